The fourth-order valence-electron chi connectivity index (χ4n) is 1.82. The van der Waals surface area contributed by atoms with E-state index in [2.05, 4.69) is 67.7 Å². The average Bonchev–Trinajstić information content (AvgIpc) is 2.56. The number of carbonyl (C=O) groups is 1. The minimum atomic E-state index is -0.741. The highest BCUT2D eigenvalue weighted by Crippen LogP contribution is 1.98. The van der Waals surface area contributed by atoms with Crippen molar-refractivity contribution in [2.24, 2.45) is 0 Å². The van der Waals surface area contributed by atoms with Crippen LogP contribution < -0.4 is 0 Å². The van der Waals surface area contributed by atoms with Crippen molar-refractivity contribution < 1.29 is 9.90 Å². The molecule has 0 aromatic heterocycles. The Bertz CT molecular complexity index is 462. The van der Waals surface area contributed by atoms with Crippen molar-refractivity contribution in [2.45, 2.75) is 58.3 Å². The number of carboxylic acid groups (broad SMARTS) is 1. The van der Waals surface area contributed by atoms with E-state index in [1.54, 1.807) is 0 Å². The van der Waals surface area contributed by atoms with Crippen molar-refractivity contribution >= 4 is 5.97 Å². The van der Waals surface area contributed by atoms with E-state index in [0.29, 0.717) is 6.42 Å². The fourth-order valence-corrected chi connectivity index (χ4v) is 1.82. The van der Waals surface area contributed by atoms with Gasteiger partial charge in [-0.25, -0.2) is 0 Å². The summed E-state index contributed by atoms with van der Waals surface area (Å²) in [6.45, 7) is 2.18. The van der Waals surface area contributed by atoms with Crippen LogP contribution >= 0.6 is 0 Å². The van der Waals surface area contributed by atoms with Gasteiger partial charge in [-0.15, -0.1) is 0 Å². The molecule has 0 saturated carbocycles. The number of hydrogen-bond acceptors (Lipinski definition) is 1. The Morgan fingerprint density at radius 2 is 1.17 bits per heavy atom. The van der Waals surface area contributed by atoms with Crippen LogP contribution in [0.25, 0.3) is 0 Å². The van der Waals surface area contributed by atoms with Crippen molar-refractivity contribution in [2.75, 3.05) is 0 Å². The van der Waals surface area contributed by atoms with Crippen LogP contribution in [0.2, 0.25) is 0 Å². The maximum atomic E-state index is 10.3. The van der Waals surface area contributed by atoms with Gasteiger partial charge in [0, 0.05) is 6.42 Å². The van der Waals surface area contributed by atoms with E-state index in [0.717, 1.165) is 32.1 Å². The third kappa shape index (κ3) is 19.9. The molecule has 2 nitrogen and oxygen atoms in total. The van der Waals surface area contributed by atoms with Crippen LogP contribution in [0.1, 0.15) is 58.3 Å². The summed E-state index contributed by atoms with van der Waals surface area (Å²) in [5, 5.41) is 8.49. The molecule has 0 amide bonds. The predicted octanol–water partition coefficient (Wildman–Crippen LogP) is 6.55. The van der Waals surface area contributed by atoms with E-state index < -0.39 is 5.97 Å². The summed E-state index contributed by atoms with van der Waals surface area (Å²) < 4.78 is 0. The highest BCUT2D eigenvalue weighted by atomic mass is 16.4. The lowest BCUT2D eigenvalue weighted by atomic mass is 10.2. The summed E-state index contributed by atoms with van der Waals surface area (Å²) >= 11 is 0. The molecule has 0 rings (SSSR count). The Balaban J connectivity index is 3.52. The molecule has 2 heteroatoms. The van der Waals surface area contributed by atoms with Gasteiger partial charge in [0.25, 0.3) is 0 Å². The lowest BCUT2D eigenvalue weighted by Crippen LogP contribution is -1.91. The Kier molecular flexibility index (Phi) is 17.3. The second kappa shape index (κ2) is 19.0. The molecule has 0 aromatic carbocycles. The Labute approximate surface area is 147 Å². The summed E-state index contributed by atoms with van der Waals surface area (Å²) in [6, 6.07) is 0. The molecule has 0 saturated heterocycles. The molecular weight excluding hydrogens is 296 g/mol. The first-order valence-electron chi connectivity index (χ1n) is 8.92. The number of unbranched alkanes of at least 4 members (excludes halogenated alkanes) is 2. The second-order valence-corrected chi connectivity index (χ2v) is 5.43. The fraction of sp³-hybridized carbons (Fsp3) is 0.409. The molecule has 0 aliphatic rings. The number of aliphatic carboxylic acids is 1. The zero-order chi connectivity index (χ0) is 17.7. The second-order valence-electron chi connectivity index (χ2n) is 5.43. The minimum absolute atomic E-state index is 0.211. The smallest absolute Gasteiger partial charge is 0.303 e. The first kappa shape index (κ1) is 21.9. The van der Waals surface area contributed by atoms with Crippen molar-refractivity contribution in [1.29, 1.82) is 0 Å². The number of carboxylic acids is 1. The molecule has 0 heterocycles. The summed E-state index contributed by atoms with van der Waals surface area (Å²) in [7, 11) is 0. The van der Waals surface area contributed by atoms with Gasteiger partial charge < -0.3 is 5.11 Å². The lowest BCUT2D eigenvalue weighted by molar-refractivity contribution is -0.136. The maximum absolute atomic E-state index is 10.3. The highest BCUT2D eigenvalue weighted by Gasteiger charge is 1.90. The normalized spacial score (nSPS) is 13.0. The van der Waals surface area contributed by atoms with Crippen LogP contribution in [0.3, 0.4) is 0 Å². The van der Waals surface area contributed by atoms with Crippen LogP contribution in [0.4, 0.5) is 0 Å². The van der Waals surface area contributed by atoms with Gasteiger partial charge in [0.05, 0.1) is 0 Å². The number of hydrogen-bond donors (Lipinski definition) is 1. The summed E-state index contributed by atoms with van der Waals surface area (Å²) in [5.41, 5.74) is 0. The standard InChI is InChI=1S/C22H32O2/c1-2-3-4-5-6-7-8-9-10-11-12-13-14-15-16-17-18-19-20-21-22(23)24/h4-9,12-13,15-16,18-19H,2-3,10-11,14,17,20-21H2,1H3,(H,23,24). The highest BCUT2D eigenvalue weighted by molar-refractivity contribution is 5.66. The molecule has 1 N–H and O–H groups in total. The van der Waals surface area contributed by atoms with E-state index in [4.69, 9.17) is 5.11 Å². The van der Waals surface area contributed by atoms with Crippen molar-refractivity contribution in [3.05, 3.63) is 72.9 Å². The minimum Gasteiger partial charge on any atom is -0.481 e. The lowest BCUT2D eigenvalue weighted by Gasteiger charge is -1.87. The monoisotopic (exact) mass is 328 g/mol. The molecule has 0 atom stereocenters. The first-order chi connectivity index (χ1) is 11.8. The van der Waals surface area contributed by atoms with Crippen LogP contribution in [0.15, 0.2) is 72.9 Å². The molecule has 0 aromatic rings. The van der Waals surface area contributed by atoms with E-state index in [1.807, 2.05) is 12.2 Å². The zero-order valence-electron chi connectivity index (χ0n) is 14.9. The number of allylic oxidation sites excluding steroid dienone is 12. The van der Waals surface area contributed by atoms with Gasteiger partial charge in [-0.2, -0.15) is 0 Å². The Hall–Kier alpha value is -2.09. The van der Waals surface area contributed by atoms with Crippen molar-refractivity contribution in [1.82, 2.24) is 0 Å². The quantitative estimate of drug-likeness (QED) is 0.223. The summed E-state index contributed by atoms with van der Waals surface area (Å²) in [5.74, 6) is -0.741. The van der Waals surface area contributed by atoms with Gasteiger partial charge in [0.15, 0.2) is 0 Å². The topological polar surface area (TPSA) is 37.3 Å². The van der Waals surface area contributed by atoms with Crippen LogP contribution in [0, 0.1) is 0 Å². The summed E-state index contributed by atoms with van der Waals surface area (Å²) in [6.07, 6.45) is 32.4. The molecule has 0 aliphatic heterocycles. The zero-order valence-corrected chi connectivity index (χ0v) is 14.9. The van der Waals surface area contributed by atoms with E-state index >= 15 is 0 Å². The molecule has 0 radical (unpaired) electrons. The molecule has 132 valence electrons. The molecule has 0 aliphatic carbocycles. The Morgan fingerprint density at radius 3 is 1.75 bits per heavy atom. The van der Waals surface area contributed by atoms with E-state index in [1.165, 1.54) is 6.42 Å². The molecule has 0 bridgehead atoms. The molecule has 0 unspecified atom stereocenters. The van der Waals surface area contributed by atoms with Gasteiger partial charge in [-0.1, -0.05) is 86.3 Å². The largest absolute Gasteiger partial charge is 0.481 e. The third-order valence-corrected chi connectivity index (χ3v) is 3.13. The Morgan fingerprint density at radius 1 is 0.667 bits per heavy atom. The summed E-state index contributed by atoms with van der Waals surface area (Å²) in [4.78, 5) is 10.3. The SMILES string of the molecule is CCCC=CC=CC=CCCC=CCC=CCC=CCCC(=O)O. The maximum Gasteiger partial charge on any atom is 0.303 e. The molecule has 24 heavy (non-hydrogen) atoms. The van der Waals surface area contributed by atoms with Crippen molar-refractivity contribution in [3.8, 4) is 0 Å². The van der Waals surface area contributed by atoms with Crippen LogP contribution in [0.5, 0.6) is 0 Å². The van der Waals surface area contributed by atoms with E-state index in [-0.39, 0.29) is 6.42 Å². The van der Waals surface area contributed by atoms with Gasteiger partial charge in [0.2, 0.25) is 0 Å². The first-order valence-corrected chi connectivity index (χ1v) is 8.92. The van der Waals surface area contributed by atoms with Crippen LogP contribution in [-0.4, -0.2) is 11.1 Å². The van der Waals surface area contributed by atoms with Gasteiger partial charge in [-0.3, -0.25) is 4.79 Å². The molecule has 0 spiro atoms. The van der Waals surface area contributed by atoms with Gasteiger partial charge >= 0.3 is 5.97 Å². The average molecular weight is 328 g/mol. The molecule has 0 fully saturated rings. The van der Waals surface area contributed by atoms with Gasteiger partial charge in [0.1, 0.15) is 0 Å². The van der Waals surface area contributed by atoms with E-state index in [9.17, 15) is 4.79 Å². The predicted molar refractivity (Wildman–Crippen MR) is 105 cm³/mol. The van der Waals surface area contributed by atoms with Crippen LogP contribution in [-0.2, 0) is 4.79 Å². The van der Waals surface area contributed by atoms with Gasteiger partial charge in [-0.05, 0) is 38.5 Å². The number of rotatable bonds is 14. The third-order valence-electron chi connectivity index (χ3n) is 3.13. The van der Waals surface area contributed by atoms with Crippen molar-refractivity contribution in [3.63, 3.8) is 0 Å². The molecular formula is C22H32O2.